The van der Waals surface area contributed by atoms with Crippen molar-refractivity contribution in [3.8, 4) is 22.3 Å². The quantitative estimate of drug-likeness (QED) is 0.253. The third-order valence-electron chi connectivity index (χ3n) is 6.65. The molecule has 0 saturated heterocycles. The molecule has 5 rings (SSSR count). The van der Waals surface area contributed by atoms with E-state index in [1.165, 1.54) is 33.4 Å². The number of carboxylic acids is 1. The van der Waals surface area contributed by atoms with Gasteiger partial charge < -0.3 is 5.11 Å². The largest absolute Gasteiger partial charge is 0.478 e. The van der Waals surface area contributed by atoms with Crippen LogP contribution in [-0.4, -0.2) is 11.1 Å². The second-order valence-electron chi connectivity index (χ2n) is 11.0. The Labute approximate surface area is 240 Å². The zero-order chi connectivity index (χ0) is 29.1. The summed E-state index contributed by atoms with van der Waals surface area (Å²) in [4.78, 5) is 10.9. The molecule has 40 heavy (non-hydrogen) atoms. The van der Waals surface area contributed by atoms with Gasteiger partial charge in [-0.05, 0) is 65.6 Å². The monoisotopic (exact) mass is 528 g/mol. The lowest BCUT2D eigenvalue weighted by atomic mass is 9.85. The number of aromatic carboxylic acids is 1. The van der Waals surface area contributed by atoms with Gasteiger partial charge in [0.15, 0.2) is 0 Å². The van der Waals surface area contributed by atoms with Crippen molar-refractivity contribution in [3.63, 3.8) is 0 Å². The molecule has 0 spiro atoms. The summed E-state index contributed by atoms with van der Waals surface area (Å²) < 4.78 is 0. The molecule has 0 aliphatic heterocycles. The lowest BCUT2D eigenvalue weighted by molar-refractivity contribution is 0.0696. The predicted molar refractivity (Wildman–Crippen MR) is 170 cm³/mol. The Morgan fingerprint density at radius 2 is 0.900 bits per heavy atom. The summed E-state index contributed by atoms with van der Waals surface area (Å²) in [6.07, 6.45) is 0. The third kappa shape index (κ3) is 9.10. The number of aryl methyl sites for hydroxylation is 3. The Bertz CT molecular complexity index is 1400. The molecule has 204 valence electrons. The summed E-state index contributed by atoms with van der Waals surface area (Å²) >= 11 is 0. The molecule has 0 amide bonds. The van der Waals surface area contributed by atoms with Gasteiger partial charge in [0.1, 0.15) is 0 Å². The average Bonchev–Trinajstić information content (AvgIpc) is 2.95. The highest BCUT2D eigenvalue weighted by Gasteiger charge is 2.16. The summed E-state index contributed by atoms with van der Waals surface area (Å²) in [7, 11) is 0. The van der Waals surface area contributed by atoms with E-state index < -0.39 is 5.97 Å². The highest BCUT2D eigenvalue weighted by Crippen LogP contribution is 2.24. The van der Waals surface area contributed by atoms with Gasteiger partial charge in [-0.1, -0.05) is 153 Å². The SMILES string of the molecule is Cc1ccc(-c2ccccc2)cc1.Cc1ccc(-c2ccccc2)cc1.Cc1ccc(C(C)(C)C)cc1C(=O)O. The minimum absolute atomic E-state index is 0.00208. The van der Waals surface area contributed by atoms with E-state index in [1.807, 2.05) is 31.2 Å². The molecule has 0 unspecified atom stereocenters. The van der Waals surface area contributed by atoms with E-state index in [0.29, 0.717) is 5.56 Å². The van der Waals surface area contributed by atoms with Crippen molar-refractivity contribution in [2.75, 3.05) is 0 Å². The molecular formula is C38H40O2. The van der Waals surface area contributed by atoms with Crippen molar-refractivity contribution in [2.24, 2.45) is 0 Å². The van der Waals surface area contributed by atoms with Gasteiger partial charge in [0.2, 0.25) is 0 Å². The third-order valence-corrected chi connectivity index (χ3v) is 6.65. The maximum atomic E-state index is 10.9. The molecular weight excluding hydrogens is 488 g/mol. The molecule has 0 saturated carbocycles. The van der Waals surface area contributed by atoms with Gasteiger partial charge in [0.05, 0.1) is 5.56 Å². The molecule has 0 fully saturated rings. The minimum Gasteiger partial charge on any atom is -0.478 e. The predicted octanol–water partition coefficient (Wildman–Crippen LogP) is 10.3. The highest BCUT2D eigenvalue weighted by atomic mass is 16.4. The van der Waals surface area contributed by atoms with E-state index in [1.54, 1.807) is 6.07 Å². The summed E-state index contributed by atoms with van der Waals surface area (Å²) in [5.74, 6) is -0.853. The summed E-state index contributed by atoms with van der Waals surface area (Å²) in [6.45, 7) is 12.2. The average molecular weight is 529 g/mol. The zero-order valence-corrected chi connectivity index (χ0v) is 24.5. The van der Waals surface area contributed by atoms with Crippen LogP contribution in [0.2, 0.25) is 0 Å². The first-order chi connectivity index (χ1) is 19.0. The summed E-state index contributed by atoms with van der Waals surface area (Å²) in [6, 6.07) is 43.7. The normalized spacial score (nSPS) is 10.4. The van der Waals surface area contributed by atoms with Crippen LogP contribution in [0.5, 0.6) is 0 Å². The fourth-order valence-corrected chi connectivity index (χ4v) is 4.07. The van der Waals surface area contributed by atoms with Crippen LogP contribution in [-0.2, 0) is 5.41 Å². The molecule has 0 heterocycles. The fourth-order valence-electron chi connectivity index (χ4n) is 4.07. The number of hydrogen-bond donors (Lipinski definition) is 1. The number of benzene rings is 5. The Hall–Kier alpha value is -4.43. The van der Waals surface area contributed by atoms with Crippen molar-refractivity contribution in [1.82, 2.24) is 0 Å². The minimum atomic E-state index is -0.853. The van der Waals surface area contributed by atoms with E-state index >= 15 is 0 Å². The van der Waals surface area contributed by atoms with Crippen LogP contribution in [0, 0.1) is 20.8 Å². The molecule has 0 radical (unpaired) electrons. The topological polar surface area (TPSA) is 37.3 Å². The Kier molecular flexibility index (Phi) is 10.6. The molecule has 0 aliphatic carbocycles. The molecule has 5 aromatic carbocycles. The first-order valence-electron chi connectivity index (χ1n) is 13.6. The Morgan fingerprint density at radius 3 is 1.25 bits per heavy atom. The second kappa shape index (κ2) is 14.1. The highest BCUT2D eigenvalue weighted by molar-refractivity contribution is 5.89. The van der Waals surface area contributed by atoms with E-state index in [9.17, 15) is 4.79 Å². The van der Waals surface area contributed by atoms with Crippen molar-refractivity contribution < 1.29 is 9.90 Å². The van der Waals surface area contributed by atoms with Gasteiger partial charge in [0, 0.05) is 0 Å². The smallest absolute Gasteiger partial charge is 0.335 e. The van der Waals surface area contributed by atoms with Gasteiger partial charge in [-0.15, -0.1) is 0 Å². The molecule has 0 bridgehead atoms. The van der Waals surface area contributed by atoms with Crippen molar-refractivity contribution in [3.05, 3.63) is 155 Å². The second-order valence-corrected chi connectivity index (χ2v) is 11.0. The standard InChI is InChI=1S/2C13H12.C12H16O2/c2*1-11-7-9-13(10-8-11)12-5-3-2-4-6-12;1-8-5-6-9(12(2,3)4)7-10(8)11(13)14/h2*2-10H,1H3;5-7H,1-4H3,(H,13,14). The van der Waals surface area contributed by atoms with Crippen LogP contribution in [0.1, 0.15) is 53.4 Å². The number of rotatable bonds is 3. The van der Waals surface area contributed by atoms with E-state index in [2.05, 4.69) is 132 Å². The Morgan fingerprint density at radius 1 is 0.525 bits per heavy atom. The van der Waals surface area contributed by atoms with Gasteiger partial charge in [0.25, 0.3) is 0 Å². The Balaban J connectivity index is 0.000000165. The maximum absolute atomic E-state index is 10.9. The van der Waals surface area contributed by atoms with Gasteiger partial charge in [-0.25, -0.2) is 4.79 Å². The van der Waals surface area contributed by atoms with Crippen LogP contribution >= 0.6 is 0 Å². The van der Waals surface area contributed by atoms with Gasteiger partial charge in [-0.2, -0.15) is 0 Å². The van der Waals surface area contributed by atoms with Crippen LogP contribution in [0.4, 0.5) is 0 Å². The number of carbonyl (C=O) groups is 1. The van der Waals surface area contributed by atoms with Gasteiger partial charge in [-0.3, -0.25) is 0 Å². The maximum Gasteiger partial charge on any atom is 0.335 e. The fraction of sp³-hybridized carbons (Fsp3) is 0.184. The molecule has 1 N–H and O–H groups in total. The van der Waals surface area contributed by atoms with Crippen molar-refractivity contribution in [1.29, 1.82) is 0 Å². The van der Waals surface area contributed by atoms with Crippen molar-refractivity contribution in [2.45, 2.75) is 47.0 Å². The lowest BCUT2D eigenvalue weighted by Gasteiger charge is -2.19. The number of hydrogen-bond acceptors (Lipinski definition) is 1. The molecule has 2 nitrogen and oxygen atoms in total. The van der Waals surface area contributed by atoms with Gasteiger partial charge >= 0.3 is 5.97 Å². The molecule has 5 aromatic rings. The van der Waals surface area contributed by atoms with E-state index in [4.69, 9.17) is 5.11 Å². The zero-order valence-electron chi connectivity index (χ0n) is 24.5. The van der Waals surface area contributed by atoms with Crippen LogP contribution < -0.4 is 0 Å². The summed E-state index contributed by atoms with van der Waals surface area (Å²) in [5.41, 5.74) is 10.0. The molecule has 0 aromatic heterocycles. The van der Waals surface area contributed by atoms with Crippen LogP contribution in [0.15, 0.2) is 127 Å². The molecule has 0 aliphatic rings. The first kappa shape index (κ1) is 30.1. The van der Waals surface area contributed by atoms with E-state index in [-0.39, 0.29) is 5.41 Å². The molecule has 2 heteroatoms. The number of carboxylic acid groups (broad SMARTS) is 1. The molecule has 0 atom stereocenters. The van der Waals surface area contributed by atoms with Crippen LogP contribution in [0.3, 0.4) is 0 Å². The summed E-state index contributed by atoms with van der Waals surface area (Å²) in [5, 5.41) is 8.96. The van der Waals surface area contributed by atoms with Crippen LogP contribution in [0.25, 0.3) is 22.3 Å². The lowest BCUT2D eigenvalue weighted by Crippen LogP contribution is -2.13. The van der Waals surface area contributed by atoms with Crippen molar-refractivity contribution >= 4 is 5.97 Å². The first-order valence-corrected chi connectivity index (χ1v) is 13.6. The van der Waals surface area contributed by atoms with E-state index in [0.717, 1.165) is 11.1 Å².